The number of anilines is 2. The maximum absolute atomic E-state index is 12.9. The molecule has 0 bridgehead atoms. The summed E-state index contributed by atoms with van der Waals surface area (Å²) in [6.45, 7) is 1.44. The van der Waals surface area contributed by atoms with Gasteiger partial charge in [0.2, 0.25) is 0 Å². The van der Waals surface area contributed by atoms with Crippen LogP contribution in [0, 0.1) is 0 Å². The second-order valence-corrected chi connectivity index (χ2v) is 7.02. The van der Waals surface area contributed by atoms with Crippen molar-refractivity contribution in [1.82, 2.24) is 4.90 Å². The number of urea groups is 1. The number of hydrogen-bond donors (Lipinski definition) is 1. The van der Waals surface area contributed by atoms with E-state index in [4.69, 9.17) is 0 Å². The molecule has 1 N–H and O–H groups in total. The Kier molecular flexibility index (Phi) is 4.37. The molecule has 0 saturated heterocycles. The maximum Gasteiger partial charge on any atom is 0.326 e. The van der Waals surface area contributed by atoms with Crippen LogP contribution < -0.4 is 10.2 Å². The molecule has 5 nitrogen and oxygen atoms in total. The van der Waals surface area contributed by atoms with Gasteiger partial charge in [0.15, 0.2) is 0 Å². The minimum Gasteiger partial charge on any atom is -0.341 e. The van der Waals surface area contributed by atoms with Crippen LogP contribution in [0.15, 0.2) is 42.5 Å². The molecule has 2 aromatic rings. The first-order chi connectivity index (χ1) is 12.6. The van der Waals surface area contributed by atoms with E-state index in [1.807, 2.05) is 42.3 Å². The zero-order chi connectivity index (χ0) is 18.1. The Labute approximate surface area is 153 Å². The summed E-state index contributed by atoms with van der Waals surface area (Å²) in [4.78, 5) is 28.8. The van der Waals surface area contributed by atoms with Gasteiger partial charge in [0.05, 0.1) is 0 Å². The monoisotopic (exact) mass is 349 g/mol. The van der Waals surface area contributed by atoms with E-state index in [-0.39, 0.29) is 11.9 Å². The summed E-state index contributed by atoms with van der Waals surface area (Å²) in [6, 6.07) is 13.6. The number of aryl methyl sites for hydroxylation is 1. The lowest BCUT2D eigenvalue weighted by atomic mass is 9.99. The van der Waals surface area contributed by atoms with Crippen molar-refractivity contribution in [3.8, 4) is 0 Å². The third kappa shape index (κ3) is 3.05. The van der Waals surface area contributed by atoms with Crippen molar-refractivity contribution < 1.29 is 9.59 Å². The summed E-state index contributed by atoms with van der Waals surface area (Å²) >= 11 is 0. The fraction of sp³-hybridized carbons (Fsp3) is 0.333. The number of benzene rings is 2. The molecule has 134 valence electrons. The highest BCUT2D eigenvalue weighted by atomic mass is 16.2. The molecular weight excluding hydrogens is 326 g/mol. The second kappa shape index (κ2) is 6.83. The highest BCUT2D eigenvalue weighted by molar-refractivity contribution is 6.04. The first-order valence-electron chi connectivity index (χ1n) is 9.18. The Morgan fingerprint density at radius 3 is 2.73 bits per heavy atom. The molecule has 2 aromatic carbocycles. The Balaban J connectivity index is 1.58. The lowest BCUT2D eigenvalue weighted by Gasteiger charge is -2.26. The Bertz CT molecular complexity index is 862. The maximum atomic E-state index is 12.9. The summed E-state index contributed by atoms with van der Waals surface area (Å²) in [5.41, 5.74) is 4.59. The molecule has 4 rings (SSSR count). The number of carbonyl (C=O) groups excluding carboxylic acids is 2. The van der Waals surface area contributed by atoms with E-state index in [1.165, 1.54) is 5.56 Å². The molecule has 3 amide bonds. The number of likely N-dealkylation sites (N-methyl/N-ethyl adjacent to an activating group) is 1. The molecule has 0 radical (unpaired) electrons. The van der Waals surface area contributed by atoms with E-state index in [0.717, 1.165) is 43.5 Å². The van der Waals surface area contributed by atoms with Crippen molar-refractivity contribution in [2.75, 3.05) is 30.4 Å². The minimum atomic E-state index is -0.143. The van der Waals surface area contributed by atoms with Gasteiger partial charge in [-0.3, -0.25) is 9.69 Å². The van der Waals surface area contributed by atoms with Crippen molar-refractivity contribution in [2.24, 2.45) is 0 Å². The van der Waals surface area contributed by atoms with Gasteiger partial charge in [-0.1, -0.05) is 24.3 Å². The number of para-hydroxylation sites is 1. The molecule has 2 heterocycles. The van der Waals surface area contributed by atoms with Crippen LogP contribution in [0.2, 0.25) is 0 Å². The van der Waals surface area contributed by atoms with Gasteiger partial charge in [0.25, 0.3) is 5.91 Å². The molecule has 2 aliphatic rings. The Morgan fingerprint density at radius 1 is 1.00 bits per heavy atom. The largest absolute Gasteiger partial charge is 0.341 e. The number of rotatable bonds is 1. The molecule has 26 heavy (non-hydrogen) atoms. The fourth-order valence-electron chi connectivity index (χ4n) is 3.76. The zero-order valence-electron chi connectivity index (χ0n) is 15.0. The SMILES string of the molecule is CN1CCc2ccc(NC(=O)N3CCCCc4ccccc43)cc2C1=O. The first kappa shape index (κ1) is 16.6. The van der Waals surface area contributed by atoms with Crippen LogP contribution in [0.1, 0.15) is 34.3 Å². The standard InChI is InChI=1S/C21H23N3O2/c1-23-13-11-15-9-10-17(14-18(15)20(23)25)22-21(26)24-12-5-4-7-16-6-2-3-8-19(16)24/h2-3,6,8-10,14H,4-5,7,11-13H2,1H3,(H,22,26). The Morgan fingerprint density at radius 2 is 1.85 bits per heavy atom. The number of carbonyl (C=O) groups is 2. The number of nitrogens with one attached hydrogen (secondary N) is 1. The lowest BCUT2D eigenvalue weighted by molar-refractivity contribution is 0.0781. The van der Waals surface area contributed by atoms with Gasteiger partial charge in [-0.2, -0.15) is 0 Å². The first-order valence-corrected chi connectivity index (χ1v) is 9.18. The predicted molar refractivity (Wildman–Crippen MR) is 103 cm³/mol. The van der Waals surface area contributed by atoms with Gasteiger partial charge in [-0.15, -0.1) is 0 Å². The molecule has 2 aliphatic heterocycles. The van der Waals surface area contributed by atoms with Gasteiger partial charge < -0.3 is 10.2 Å². The molecule has 0 aromatic heterocycles. The highest BCUT2D eigenvalue weighted by Crippen LogP contribution is 2.27. The van der Waals surface area contributed by atoms with E-state index in [0.29, 0.717) is 17.8 Å². The van der Waals surface area contributed by atoms with Crippen LogP contribution >= 0.6 is 0 Å². The predicted octanol–water partition coefficient (Wildman–Crippen LogP) is 3.69. The quantitative estimate of drug-likeness (QED) is 0.854. The van der Waals surface area contributed by atoms with Crippen LogP contribution in [0.5, 0.6) is 0 Å². The average Bonchev–Trinajstić information content (AvgIpc) is 2.88. The van der Waals surface area contributed by atoms with Gasteiger partial charge >= 0.3 is 6.03 Å². The normalized spacial score (nSPS) is 16.6. The summed E-state index contributed by atoms with van der Waals surface area (Å²) in [5.74, 6) is 0.0162. The smallest absolute Gasteiger partial charge is 0.326 e. The van der Waals surface area contributed by atoms with E-state index >= 15 is 0 Å². The van der Waals surface area contributed by atoms with Crippen LogP contribution in [0.3, 0.4) is 0 Å². The number of nitrogens with zero attached hydrogens (tertiary/aromatic N) is 2. The highest BCUT2D eigenvalue weighted by Gasteiger charge is 2.24. The summed E-state index contributed by atoms with van der Waals surface area (Å²) < 4.78 is 0. The van der Waals surface area contributed by atoms with Crippen molar-refractivity contribution in [3.05, 3.63) is 59.2 Å². The van der Waals surface area contributed by atoms with Crippen molar-refractivity contribution in [2.45, 2.75) is 25.7 Å². The zero-order valence-corrected chi connectivity index (χ0v) is 15.0. The molecule has 0 unspecified atom stereocenters. The van der Waals surface area contributed by atoms with Crippen molar-refractivity contribution in [1.29, 1.82) is 0 Å². The molecule has 5 heteroatoms. The van der Waals surface area contributed by atoms with Crippen LogP contribution in [-0.2, 0) is 12.8 Å². The summed E-state index contributed by atoms with van der Waals surface area (Å²) in [5, 5.41) is 2.98. The summed E-state index contributed by atoms with van der Waals surface area (Å²) in [6.07, 6.45) is 3.92. The van der Waals surface area contributed by atoms with E-state index < -0.39 is 0 Å². The lowest BCUT2D eigenvalue weighted by Crippen LogP contribution is -2.36. The van der Waals surface area contributed by atoms with Crippen LogP contribution in [0.4, 0.5) is 16.2 Å². The third-order valence-corrected chi connectivity index (χ3v) is 5.26. The van der Waals surface area contributed by atoms with Crippen molar-refractivity contribution >= 4 is 23.3 Å². The van der Waals surface area contributed by atoms with Crippen molar-refractivity contribution in [3.63, 3.8) is 0 Å². The Hall–Kier alpha value is -2.82. The number of amides is 3. The van der Waals surface area contributed by atoms with E-state index in [2.05, 4.69) is 11.4 Å². The molecule has 0 aliphatic carbocycles. The minimum absolute atomic E-state index is 0.0162. The second-order valence-electron chi connectivity index (χ2n) is 7.02. The summed E-state index contributed by atoms with van der Waals surface area (Å²) in [7, 11) is 1.81. The number of fused-ring (bicyclic) bond motifs is 2. The van der Waals surface area contributed by atoms with Crippen LogP contribution in [-0.4, -0.2) is 37.0 Å². The number of hydrogen-bond acceptors (Lipinski definition) is 2. The molecule has 0 spiro atoms. The molecule has 0 atom stereocenters. The van der Waals surface area contributed by atoms with Gasteiger partial charge in [0, 0.05) is 37.1 Å². The fourth-order valence-corrected chi connectivity index (χ4v) is 3.76. The average molecular weight is 349 g/mol. The van der Waals surface area contributed by atoms with E-state index in [9.17, 15) is 9.59 Å². The third-order valence-electron chi connectivity index (χ3n) is 5.26. The topological polar surface area (TPSA) is 52.7 Å². The van der Waals surface area contributed by atoms with Gasteiger partial charge in [-0.25, -0.2) is 4.79 Å². The molecule has 0 fully saturated rings. The van der Waals surface area contributed by atoms with Gasteiger partial charge in [0.1, 0.15) is 0 Å². The van der Waals surface area contributed by atoms with Gasteiger partial charge in [-0.05, 0) is 55.0 Å². The molecular formula is C21H23N3O2. The van der Waals surface area contributed by atoms with Crippen LogP contribution in [0.25, 0.3) is 0 Å². The molecule has 0 saturated carbocycles. The van der Waals surface area contributed by atoms with E-state index in [1.54, 1.807) is 11.0 Å².